The van der Waals surface area contributed by atoms with Crippen LogP contribution < -0.4 is 10.6 Å². The molecule has 1 aromatic carbocycles. The summed E-state index contributed by atoms with van der Waals surface area (Å²) in [6, 6.07) is 11.1. The molecule has 0 bridgehead atoms. The monoisotopic (exact) mass is 442 g/mol. The molecule has 1 aromatic rings. The molecule has 3 fully saturated rings. The number of hydrogen-bond donors (Lipinski definition) is 2. The van der Waals surface area contributed by atoms with E-state index in [4.69, 9.17) is 0 Å². The van der Waals surface area contributed by atoms with Crippen molar-refractivity contribution in [1.82, 2.24) is 20.4 Å². The number of rotatable bonds is 4. The van der Waals surface area contributed by atoms with Gasteiger partial charge in [-0.2, -0.15) is 0 Å². The number of carbonyl (C=O) groups is 1. The van der Waals surface area contributed by atoms with Crippen molar-refractivity contribution in [2.24, 2.45) is 5.41 Å². The van der Waals surface area contributed by atoms with E-state index in [1.807, 2.05) is 0 Å². The van der Waals surface area contributed by atoms with Gasteiger partial charge in [0.05, 0.1) is 6.04 Å². The Bertz CT molecular complexity index is 631. The van der Waals surface area contributed by atoms with Gasteiger partial charge in [-0.15, -0.1) is 24.8 Å². The molecule has 29 heavy (non-hydrogen) atoms. The largest absolute Gasteiger partial charge is 0.352 e. The Hall–Kier alpha value is -0.850. The van der Waals surface area contributed by atoms with E-state index in [0.717, 1.165) is 58.5 Å². The quantitative estimate of drug-likeness (QED) is 0.752. The smallest absolute Gasteiger partial charge is 0.237 e. The molecule has 3 heterocycles. The first kappa shape index (κ1) is 24.4. The summed E-state index contributed by atoms with van der Waals surface area (Å²) in [5.74, 6) is 0.259. The number of amides is 1. The number of likely N-dealkylation sites (N-methyl/N-ethyl adjacent to an activating group) is 1. The summed E-state index contributed by atoms with van der Waals surface area (Å²) in [6.07, 6.45) is 5.57. The first-order valence-corrected chi connectivity index (χ1v) is 10.6. The number of nitrogens with one attached hydrogen (secondary N) is 2. The maximum absolute atomic E-state index is 12.9. The maximum Gasteiger partial charge on any atom is 0.237 e. The van der Waals surface area contributed by atoms with Crippen LogP contribution in [-0.4, -0.2) is 67.6 Å². The Kier molecular flexibility index (Phi) is 9.23. The topological polar surface area (TPSA) is 47.6 Å². The van der Waals surface area contributed by atoms with Gasteiger partial charge in [0.1, 0.15) is 0 Å². The molecule has 1 amide bonds. The standard InChI is InChI=1S/C22H34N4O.2ClH/c1-25-17-22(9-11-23-12-10-22)15-20(25)21(27)24-19-7-13-26(14-8-19)16-18-5-3-2-4-6-18;;/h2-6,19-20,23H,7-17H2,1H3,(H,24,27);2*1H. The zero-order valence-corrected chi connectivity index (χ0v) is 19.1. The summed E-state index contributed by atoms with van der Waals surface area (Å²) in [5.41, 5.74) is 1.74. The van der Waals surface area contributed by atoms with Crippen molar-refractivity contribution in [3.05, 3.63) is 35.9 Å². The fourth-order valence-electron chi connectivity index (χ4n) is 5.26. The van der Waals surface area contributed by atoms with Crippen molar-refractivity contribution in [2.75, 3.05) is 39.8 Å². The van der Waals surface area contributed by atoms with Crippen LogP contribution in [0.5, 0.6) is 0 Å². The van der Waals surface area contributed by atoms with Crippen molar-refractivity contribution < 1.29 is 4.79 Å². The molecule has 7 heteroatoms. The van der Waals surface area contributed by atoms with E-state index < -0.39 is 0 Å². The van der Waals surface area contributed by atoms with Crippen LogP contribution in [0.15, 0.2) is 30.3 Å². The normalized spacial score (nSPS) is 25.2. The van der Waals surface area contributed by atoms with Gasteiger partial charge < -0.3 is 10.6 Å². The van der Waals surface area contributed by atoms with Crippen molar-refractivity contribution in [3.63, 3.8) is 0 Å². The van der Waals surface area contributed by atoms with E-state index in [-0.39, 0.29) is 36.8 Å². The molecule has 1 atom stereocenters. The fraction of sp³-hybridized carbons (Fsp3) is 0.682. The van der Waals surface area contributed by atoms with Crippen LogP contribution >= 0.6 is 24.8 Å². The summed E-state index contributed by atoms with van der Waals surface area (Å²) >= 11 is 0. The zero-order chi connectivity index (χ0) is 18.7. The fourth-order valence-corrected chi connectivity index (χ4v) is 5.26. The van der Waals surface area contributed by atoms with Crippen LogP contribution in [0.4, 0.5) is 0 Å². The highest BCUT2D eigenvalue weighted by Gasteiger charge is 2.45. The SMILES string of the molecule is CN1CC2(CCNCC2)CC1C(=O)NC1CCN(Cc2ccccc2)CC1.Cl.Cl. The van der Waals surface area contributed by atoms with E-state index in [1.165, 1.54) is 18.4 Å². The van der Waals surface area contributed by atoms with Crippen molar-refractivity contribution >= 4 is 30.7 Å². The van der Waals surface area contributed by atoms with Crippen molar-refractivity contribution in [1.29, 1.82) is 0 Å². The molecule has 0 aliphatic carbocycles. The number of carbonyl (C=O) groups excluding carboxylic acids is 1. The molecule has 164 valence electrons. The molecule has 2 N–H and O–H groups in total. The van der Waals surface area contributed by atoms with Gasteiger partial charge in [0.25, 0.3) is 0 Å². The molecular weight excluding hydrogens is 407 g/mol. The lowest BCUT2D eigenvalue weighted by atomic mass is 9.77. The molecular formula is C22H36Cl2N4O. The Balaban J connectivity index is 0.00000150. The molecule has 3 aliphatic rings. The third-order valence-corrected chi connectivity index (χ3v) is 6.89. The second kappa shape index (κ2) is 11.0. The lowest BCUT2D eigenvalue weighted by Crippen LogP contribution is -2.49. The number of benzene rings is 1. The number of hydrogen-bond acceptors (Lipinski definition) is 4. The zero-order valence-electron chi connectivity index (χ0n) is 17.4. The molecule has 1 spiro atoms. The number of halogens is 2. The van der Waals surface area contributed by atoms with E-state index in [1.54, 1.807) is 0 Å². The van der Waals surface area contributed by atoms with Crippen molar-refractivity contribution in [3.8, 4) is 0 Å². The van der Waals surface area contributed by atoms with Crippen molar-refractivity contribution in [2.45, 2.75) is 50.7 Å². The molecule has 0 radical (unpaired) electrons. The summed E-state index contributed by atoms with van der Waals surface area (Å²) in [5, 5.41) is 6.83. The van der Waals surface area contributed by atoms with Crippen LogP contribution in [0, 0.1) is 5.41 Å². The molecule has 4 rings (SSSR count). The Morgan fingerprint density at radius 3 is 2.45 bits per heavy atom. The Morgan fingerprint density at radius 1 is 1.14 bits per heavy atom. The predicted molar refractivity (Wildman–Crippen MR) is 123 cm³/mol. The number of piperidine rings is 2. The summed E-state index contributed by atoms with van der Waals surface area (Å²) < 4.78 is 0. The summed E-state index contributed by atoms with van der Waals surface area (Å²) in [7, 11) is 2.13. The molecule has 1 unspecified atom stereocenters. The molecule has 5 nitrogen and oxygen atoms in total. The first-order valence-electron chi connectivity index (χ1n) is 10.6. The first-order chi connectivity index (χ1) is 13.1. The summed E-state index contributed by atoms with van der Waals surface area (Å²) in [4.78, 5) is 17.7. The van der Waals surface area contributed by atoms with E-state index in [0.29, 0.717) is 11.5 Å². The second-order valence-electron chi connectivity index (χ2n) is 8.93. The minimum Gasteiger partial charge on any atom is -0.352 e. The predicted octanol–water partition coefficient (Wildman–Crippen LogP) is 2.68. The van der Waals surface area contributed by atoms with Crippen LogP contribution in [-0.2, 0) is 11.3 Å². The minimum absolute atomic E-state index is 0. The third-order valence-electron chi connectivity index (χ3n) is 6.89. The van der Waals surface area contributed by atoms with Crippen LogP contribution in [0.25, 0.3) is 0 Å². The average molecular weight is 443 g/mol. The van der Waals surface area contributed by atoms with Gasteiger partial charge >= 0.3 is 0 Å². The van der Waals surface area contributed by atoms with E-state index in [9.17, 15) is 4.79 Å². The minimum atomic E-state index is 0. The number of nitrogens with zero attached hydrogens (tertiary/aromatic N) is 2. The van der Waals surface area contributed by atoms with Gasteiger partial charge in [-0.1, -0.05) is 30.3 Å². The Labute approximate surface area is 187 Å². The molecule has 3 aliphatic heterocycles. The molecule has 3 saturated heterocycles. The lowest BCUT2D eigenvalue weighted by Gasteiger charge is -2.34. The van der Waals surface area contributed by atoms with Gasteiger partial charge in [-0.3, -0.25) is 14.6 Å². The Morgan fingerprint density at radius 2 is 1.79 bits per heavy atom. The summed E-state index contributed by atoms with van der Waals surface area (Å²) in [6.45, 7) is 6.42. The maximum atomic E-state index is 12.9. The highest BCUT2D eigenvalue weighted by Crippen LogP contribution is 2.41. The lowest BCUT2D eigenvalue weighted by molar-refractivity contribution is -0.126. The second-order valence-corrected chi connectivity index (χ2v) is 8.93. The highest BCUT2D eigenvalue weighted by molar-refractivity contribution is 5.85. The molecule has 0 saturated carbocycles. The van der Waals surface area contributed by atoms with Crippen LogP contribution in [0.1, 0.15) is 37.7 Å². The van der Waals surface area contributed by atoms with Gasteiger partial charge in [-0.25, -0.2) is 0 Å². The third kappa shape index (κ3) is 6.08. The molecule has 0 aromatic heterocycles. The van der Waals surface area contributed by atoms with Gasteiger partial charge in [0.2, 0.25) is 5.91 Å². The van der Waals surface area contributed by atoms with Gasteiger partial charge in [-0.05, 0) is 63.2 Å². The van der Waals surface area contributed by atoms with E-state index in [2.05, 4.69) is 57.8 Å². The van der Waals surface area contributed by atoms with Crippen LogP contribution in [0.3, 0.4) is 0 Å². The van der Waals surface area contributed by atoms with E-state index >= 15 is 0 Å². The van der Waals surface area contributed by atoms with Crippen LogP contribution in [0.2, 0.25) is 0 Å². The average Bonchev–Trinajstić information content (AvgIpc) is 3.00. The van der Waals surface area contributed by atoms with Gasteiger partial charge in [0.15, 0.2) is 0 Å². The van der Waals surface area contributed by atoms with Gasteiger partial charge in [0, 0.05) is 32.2 Å². The number of likely N-dealkylation sites (tertiary alicyclic amines) is 2. The highest BCUT2D eigenvalue weighted by atomic mass is 35.5.